The second-order valence-electron chi connectivity index (χ2n) is 4.43. The number of benzene rings is 1. The van der Waals surface area contributed by atoms with Crippen molar-refractivity contribution >= 4 is 5.91 Å². The number of phenolic OH excluding ortho intramolecular Hbond substituents is 1. The van der Waals surface area contributed by atoms with Crippen LogP contribution in [0.1, 0.15) is 17.3 Å². The molecule has 1 atom stereocenters. The average Bonchev–Trinajstić information content (AvgIpc) is 2.40. The maximum atomic E-state index is 13.7. The first kappa shape index (κ1) is 13.7. The van der Waals surface area contributed by atoms with E-state index >= 15 is 0 Å². The zero-order valence-electron chi connectivity index (χ0n) is 10.2. The van der Waals surface area contributed by atoms with Gasteiger partial charge in [-0.3, -0.25) is 4.79 Å². The van der Waals surface area contributed by atoms with E-state index in [1.54, 1.807) is 6.92 Å². The molecule has 2 N–H and O–H groups in total. The summed E-state index contributed by atoms with van der Waals surface area (Å²) in [5.41, 5.74) is -0.662. The SMILES string of the molecule is C[C@@H]1CNCCN1C(=O)c1cc(F)c(F)c(O)c1F. The highest BCUT2D eigenvalue weighted by Crippen LogP contribution is 2.27. The van der Waals surface area contributed by atoms with Gasteiger partial charge in [0.2, 0.25) is 5.82 Å². The first-order valence-electron chi connectivity index (χ1n) is 5.81. The highest BCUT2D eigenvalue weighted by Gasteiger charge is 2.29. The van der Waals surface area contributed by atoms with Crippen LogP contribution in [0.2, 0.25) is 0 Å². The number of phenols is 1. The van der Waals surface area contributed by atoms with Gasteiger partial charge in [-0.1, -0.05) is 0 Å². The predicted octanol–water partition coefficient (Wildman–Crippen LogP) is 1.24. The van der Waals surface area contributed by atoms with Crippen molar-refractivity contribution in [2.45, 2.75) is 13.0 Å². The first-order chi connectivity index (χ1) is 8.93. The number of rotatable bonds is 1. The molecule has 0 unspecified atom stereocenters. The summed E-state index contributed by atoms with van der Waals surface area (Å²) >= 11 is 0. The lowest BCUT2D eigenvalue weighted by Crippen LogP contribution is -2.52. The van der Waals surface area contributed by atoms with Gasteiger partial charge in [0.25, 0.3) is 5.91 Å². The monoisotopic (exact) mass is 274 g/mol. The average molecular weight is 274 g/mol. The summed E-state index contributed by atoms with van der Waals surface area (Å²) in [7, 11) is 0. The van der Waals surface area contributed by atoms with Crippen molar-refractivity contribution in [1.29, 1.82) is 0 Å². The topological polar surface area (TPSA) is 52.6 Å². The van der Waals surface area contributed by atoms with Gasteiger partial charge in [0.05, 0.1) is 5.56 Å². The van der Waals surface area contributed by atoms with Crippen LogP contribution in [0.5, 0.6) is 5.75 Å². The molecule has 1 aliphatic heterocycles. The van der Waals surface area contributed by atoms with E-state index in [1.807, 2.05) is 0 Å². The van der Waals surface area contributed by atoms with Gasteiger partial charge in [0.15, 0.2) is 17.4 Å². The minimum absolute atomic E-state index is 0.198. The van der Waals surface area contributed by atoms with Gasteiger partial charge in [0, 0.05) is 25.7 Å². The van der Waals surface area contributed by atoms with Gasteiger partial charge < -0.3 is 15.3 Å². The van der Waals surface area contributed by atoms with E-state index in [-0.39, 0.29) is 6.04 Å². The summed E-state index contributed by atoms with van der Waals surface area (Å²) in [6.45, 7) is 3.15. The van der Waals surface area contributed by atoms with Gasteiger partial charge in [-0.15, -0.1) is 0 Å². The van der Waals surface area contributed by atoms with Crippen LogP contribution in [0.15, 0.2) is 6.07 Å². The van der Waals surface area contributed by atoms with Gasteiger partial charge in [0.1, 0.15) is 0 Å². The van der Waals surface area contributed by atoms with Crippen molar-refractivity contribution < 1.29 is 23.1 Å². The van der Waals surface area contributed by atoms with Crippen LogP contribution < -0.4 is 5.32 Å². The third-order valence-corrected chi connectivity index (χ3v) is 3.13. The van der Waals surface area contributed by atoms with Gasteiger partial charge >= 0.3 is 0 Å². The Morgan fingerprint density at radius 2 is 2.11 bits per heavy atom. The maximum Gasteiger partial charge on any atom is 0.257 e. The number of nitrogens with one attached hydrogen (secondary N) is 1. The Morgan fingerprint density at radius 3 is 2.74 bits per heavy atom. The molecule has 1 saturated heterocycles. The summed E-state index contributed by atoms with van der Waals surface area (Å²) in [5.74, 6) is -6.81. The third kappa shape index (κ3) is 2.37. The number of piperazine rings is 1. The van der Waals surface area contributed by atoms with Crippen LogP contribution in [0.4, 0.5) is 13.2 Å². The molecule has 1 aromatic carbocycles. The molecule has 0 spiro atoms. The molecule has 1 aliphatic rings. The van der Waals surface area contributed by atoms with Crippen molar-refractivity contribution in [3.63, 3.8) is 0 Å². The van der Waals surface area contributed by atoms with Crippen LogP contribution in [0.25, 0.3) is 0 Å². The predicted molar refractivity (Wildman–Crippen MR) is 61.3 cm³/mol. The molecule has 1 fully saturated rings. The van der Waals surface area contributed by atoms with Crippen LogP contribution in [0.3, 0.4) is 0 Å². The molecule has 0 saturated carbocycles. The van der Waals surface area contributed by atoms with E-state index in [1.165, 1.54) is 4.90 Å². The molecule has 4 nitrogen and oxygen atoms in total. The van der Waals surface area contributed by atoms with E-state index in [0.717, 1.165) is 0 Å². The smallest absolute Gasteiger partial charge is 0.257 e. The summed E-state index contributed by atoms with van der Waals surface area (Å²) in [4.78, 5) is 13.5. The highest BCUT2D eigenvalue weighted by atomic mass is 19.2. The quantitative estimate of drug-likeness (QED) is 0.758. The largest absolute Gasteiger partial charge is 0.503 e. The molecule has 2 rings (SSSR count). The fraction of sp³-hybridized carbons (Fsp3) is 0.417. The van der Waals surface area contributed by atoms with Gasteiger partial charge in [-0.05, 0) is 13.0 Å². The maximum absolute atomic E-state index is 13.7. The zero-order chi connectivity index (χ0) is 14.2. The molecular formula is C12H13F3N2O2. The normalized spacial score (nSPS) is 19.6. The lowest BCUT2D eigenvalue weighted by atomic mass is 10.1. The van der Waals surface area contributed by atoms with E-state index in [9.17, 15) is 18.0 Å². The summed E-state index contributed by atoms with van der Waals surface area (Å²) < 4.78 is 39.8. The number of nitrogens with zero attached hydrogens (tertiary/aromatic N) is 1. The molecule has 7 heteroatoms. The van der Waals surface area contributed by atoms with E-state index in [2.05, 4.69) is 5.32 Å². The van der Waals surface area contributed by atoms with Crippen molar-refractivity contribution in [3.05, 3.63) is 29.1 Å². The fourth-order valence-electron chi connectivity index (χ4n) is 2.04. The Labute approximate surface area is 107 Å². The second-order valence-corrected chi connectivity index (χ2v) is 4.43. The third-order valence-electron chi connectivity index (χ3n) is 3.13. The van der Waals surface area contributed by atoms with Crippen molar-refractivity contribution in [3.8, 4) is 5.75 Å². The number of aromatic hydroxyl groups is 1. The Bertz CT molecular complexity index is 522. The molecule has 0 radical (unpaired) electrons. The Balaban J connectivity index is 2.39. The van der Waals surface area contributed by atoms with Crippen LogP contribution >= 0.6 is 0 Å². The summed E-state index contributed by atoms with van der Waals surface area (Å²) in [5, 5.41) is 12.2. The standard InChI is InChI=1S/C12H13F3N2O2/c1-6-5-16-2-3-17(6)12(19)7-4-8(13)10(15)11(18)9(7)14/h4,6,16,18H,2-3,5H2,1H3/t6-/m1/s1. The Morgan fingerprint density at radius 1 is 1.42 bits per heavy atom. The molecule has 104 valence electrons. The van der Waals surface area contributed by atoms with E-state index < -0.39 is 34.7 Å². The van der Waals surface area contributed by atoms with E-state index in [4.69, 9.17) is 5.11 Å². The van der Waals surface area contributed by atoms with Gasteiger partial charge in [-0.2, -0.15) is 4.39 Å². The van der Waals surface area contributed by atoms with Crippen LogP contribution in [0, 0.1) is 17.5 Å². The molecule has 0 bridgehead atoms. The number of amides is 1. The highest BCUT2D eigenvalue weighted by molar-refractivity contribution is 5.95. The minimum Gasteiger partial charge on any atom is -0.503 e. The number of carbonyl (C=O) groups excluding carboxylic acids is 1. The lowest BCUT2D eigenvalue weighted by Gasteiger charge is -2.34. The van der Waals surface area contributed by atoms with Crippen molar-refractivity contribution in [2.75, 3.05) is 19.6 Å². The van der Waals surface area contributed by atoms with Crippen molar-refractivity contribution in [1.82, 2.24) is 10.2 Å². The fourth-order valence-corrected chi connectivity index (χ4v) is 2.04. The minimum atomic E-state index is -1.69. The summed E-state index contributed by atoms with van der Waals surface area (Å²) in [6.07, 6.45) is 0. The number of hydrogen-bond acceptors (Lipinski definition) is 3. The van der Waals surface area contributed by atoms with Crippen LogP contribution in [-0.2, 0) is 0 Å². The Hall–Kier alpha value is -1.76. The number of carbonyl (C=O) groups is 1. The molecule has 1 amide bonds. The molecule has 19 heavy (non-hydrogen) atoms. The zero-order valence-corrected chi connectivity index (χ0v) is 10.2. The number of hydrogen-bond donors (Lipinski definition) is 2. The number of halogens is 3. The van der Waals surface area contributed by atoms with Crippen LogP contribution in [-0.4, -0.2) is 41.6 Å². The first-order valence-corrected chi connectivity index (χ1v) is 5.81. The van der Waals surface area contributed by atoms with Crippen molar-refractivity contribution in [2.24, 2.45) is 0 Å². The second kappa shape index (κ2) is 5.08. The molecule has 0 aliphatic carbocycles. The Kier molecular flexibility index (Phi) is 3.66. The molecule has 1 heterocycles. The lowest BCUT2D eigenvalue weighted by molar-refractivity contribution is 0.0649. The van der Waals surface area contributed by atoms with Gasteiger partial charge in [-0.25, -0.2) is 8.78 Å². The molecule has 0 aromatic heterocycles. The molecular weight excluding hydrogens is 261 g/mol. The van der Waals surface area contributed by atoms with E-state index in [0.29, 0.717) is 25.7 Å². The summed E-state index contributed by atoms with van der Waals surface area (Å²) in [6, 6.07) is 0.275. The molecule has 1 aromatic rings.